The van der Waals surface area contributed by atoms with E-state index in [0.29, 0.717) is 6.04 Å². The summed E-state index contributed by atoms with van der Waals surface area (Å²) in [6.45, 7) is 8.72. The Kier molecular flexibility index (Phi) is 7.14. The summed E-state index contributed by atoms with van der Waals surface area (Å²) in [5.41, 5.74) is 6.19. The Morgan fingerprint density at radius 2 is 1.78 bits per heavy atom. The van der Waals surface area contributed by atoms with Crippen molar-refractivity contribution in [1.82, 2.24) is 4.90 Å². The van der Waals surface area contributed by atoms with Gasteiger partial charge in [-0.2, -0.15) is 0 Å². The minimum absolute atomic E-state index is 0.481. The fourth-order valence-electron chi connectivity index (χ4n) is 2.72. The second-order valence-corrected chi connectivity index (χ2v) is 5.50. The fraction of sp³-hybridized carbons (Fsp3) is 0.933. The Morgan fingerprint density at radius 1 is 1.17 bits per heavy atom. The molecule has 1 rings (SSSR count). The molecule has 0 aromatic carbocycles. The van der Waals surface area contributed by atoms with Crippen LogP contribution in [0.2, 0.25) is 0 Å². The maximum Gasteiger partial charge on any atom is 0.191 e. The van der Waals surface area contributed by atoms with Crippen molar-refractivity contribution in [2.75, 3.05) is 13.1 Å². The van der Waals surface area contributed by atoms with Gasteiger partial charge in [-0.25, -0.2) is 4.99 Å². The highest BCUT2D eigenvalue weighted by atomic mass is 15.3. The first-order valence-electron chi connectivity index (χ1n) is 7.79. The molecule has 0 saturated heterocycles. The van der Waals surface area contributed by atoms with Gasteiger partial charge in [0.1, 0.15) is 0 Å². The van der Waals surface area contributed by atoms with Crippen LogP contribution >= 0.6 is 0 Å². The summed E-state index contributed by atoms with van der Waals surface area (Å²) in [7, 11) is 0. The molecule has 0 amide bonds. The average Bonchev–Trinajstić information content (AvgIpc) is 2.41. The predicted molar refractivity (Wildman–Crippen MR) is 79.8 cm³/mol. The van der Waals surface area contributed by atoms with Crippen molar-refractivity contribution >= 4 is 5.96 Å². The van der Waals surface area contributed by atoms with Gasteiger partial charge in [0.05, 0.1) is 6.04 Å². The highest BCUT2D eigenvalue weighted by molar-refractivity contribution is 5.78. The molecule has 0 radical (unpaired) electrons. The molecule has 0 atom stereocenters. The number of aliphatic imine (C=N–C) groups is 1. The number of hydrogen-bond acceptors (Lipinski definition) is 1. The van der Waals surface area contributed by atoms with E-state index in [2.05, 4.69) is 25.7 Å². The van der Waals surface area contributed by atoms with E-state index in [-0.39, 0.29) is 0 Å². The van der Waals surface area contributed by atoms with Crippen LogP contribution in [0.25, 0.3) is 0 Å². The second kappa shape index (κ2) is 8.39. The van der Waals surface area contributed by atoms with Crippen LogP contribution in [0, 0.1) is 5.92 Å². The van der Waals surface area contributed by atoms with Crippen LogP contribution in [0.1, 0.15) is 65.7 Å². The van der Waals surface area contributed by atoms with Crippen molar-refractivity contribution < 1.29 is 0 Å². The Labute approximate surface area is 113 Å². The zero-order valence-corrected chi connectivity index (χ0v) is 12.5. The standard InChI is InChI=1S/C15H31N3/c1-4-13(5-2)12-18(6-3)15(16)17-14-10-8-7-9-11-14/h13-14H,4-12H2,1-3H3,(H2,16,17). The Morgan fingerprint density at radius 3 is 2.28 bits per heavy atom. The van der Waals surface area contributed by atoms with E-state index in [1.54, 1.807) is 0 Å². The van der Waals surface area contributed by atoms with Gasteiger partial charge in [-0.15, -0.1) is 0 Å². The zero-order valence-electron chi connectivity index (χ0n) is 12.5. The number of nitrogens with zero attached hydrogens (tertiary/aromatic N) is 2. The number of guanidine groups is 1. The minimum atomic E-state index is 0.481. The van der Waals surface area contributed by atoms with Gasteiger partial charge in [-0.3, -0.25) is 0 Å². The van der Waals surface area contributed by atoms with Gasteiger partial charge in [0.15, 0.2) is 5.96 Å². The van der Waals surface area contributed by atoms with Crippen LogP contribution in [0.5, 0.6) is 0 Å². The molecule has 0 heterocycles. The first-order valence-corrected chi connectivity index (χ1v) is 7.79. The lowest BCUT2D eigenvalue weighted by Crippen LogP contribution is -2.41. The quantitative estimate of drug-likeness (QED) is 0.582. The van der Waals surface area contributed by atoms with Crippen LogP contribution in [0.15, 0.2) is 4.99 Å². The smallest absolute Gasteiger partial charge is 0.191 e. The molecule has 0 spiro atoms. The van der Waals surface area contributed by atoms with E-state index < -0.39 is 0 Å². The first kappa shape index (κ1) is 15.3. The van der Waals surface area contributed by atoms with Gasteiger partial charge < -0.3 is 10.6 Å². The lowest BCUT2D eigenvalue weighted by atomic mass is 9.96. The second-order valence-electron chi connectivity index (χ2n) is 5.50. The third-order valence-corrected chi connectivity index (χ3v) is 4.23. The van der Waals surface area contributed by atoms with E-state index in [9.17, 15) is 0 Å². The van der Waals surface area contributed by atoms with Crippen LogP contribution < -0.4 is 5.73 Å². The molecule has 106 valence electrons. The summed E-state index contributed by atoms with van der Waals surface area (Å²) in [5, 5.41) is 0. The molecule has 0 aromatic rings. The summed E-state index contributed by atoms with van der Waals surface area (Å²) < 4.78 is 0. The molecule has 0 unspecified atom stereocenters. The molecule has 0 bridgehead atoms. The third-order valence-electron chi connectivity index (χ3n) is 4.23. The van der Waals surface area contributed by atoms with Crippen molar-refractivity contribution in [3.63, 3.8) is 0 Å². The summed E-state index contributed by atoms with van der Waals surface area (Å²) in [5.74, 6) is 1.52. The van der Waals surface area contributed by atoms with Crippen LogP contribution in [0.4, 0.5) is 0 Å². The molecule has 1 aliphatic carbocycles. The lowest BCUT2D eigenvalue weighted by molar-refractivity contribution is 0.328. The van der Waals surface area contributed by atoms with Gasteiger partial charge in [-0.05, 0) is 25.7 Å². The van der Waals surface area contributed by atoms with Crippen molar-refractivity contribution in [2.45, 2.75) is 71.8 Å². The summed E-state index contributed by atoms with van der Waals surface area (Å²) in [4.78, 5) is 7.01. The highest BCUT2D eigenvalue weighted by Crippen LogP contribution is 2.20. The maximum atomic E-state index is 6.19. The van der Waals surface area contributed by atoms with Crippen molar-refractivity contribution in [3.8, 4) is 0 Å². The van der Waals surface area contributed by atoms with Gasteiger partial charge in [0.25, 0.3) is 0 Å². The minimum Gasteiger partial charge on any atom is -0.370 e. The number of hydrogen-bond donors (Lipinski definition) is 1. The topological polar surface area (TPSA) is 41.6 Å². The molecule has 3 heteroatoms. The fourth-order valence-corrected chi connectivity index (χ4v) is 2.72. The normalized spacial score (nSPS) is 18.3. The van der Waals surface area contributed by atoms with Crippen LogP contribution in [-0.2, 0) is 0 Å². The monoisotopic (exact) mass is 253 g/mol. The number of rotatable bonds is 6. The van der Waals surface area contributed by atoms with Gasteiger partial charge in [0, 0.05) is 13.1 Å². The highest BCUT2D eigenvalue weighted by Gasteiger charge is 2.16. The SMILES string of the molecule is CCC(CC)CN(CC)C(N)=NC1CCCCC1. The largest absolute Gasteiger partial charge is 0.370 e. The average molecular weight is 253 g/mol. The Balaban J connectivity index is 2.53. The number of nitrogens with two attached hydrogens (primary N) is 1. The van der Waals surface area contributed by atoms with Crippen LogP contribution in [0.3, 0.4) is 0 Å². The van der Waals surface area contributed by atoms with Gasteiger partial charge >= 0.3 is 0 Å². The van der Waals surface area contributed by atoms with E-state index >= 15 is 0 Å². The Bertz CT molecular complexity index is 240. The molecule has 0 aromatic heterocycles. The van der Waals surface area contributed by atoms with E-state index in [1.807, 2.05) is 0 Å². The van der Waals surface area contributed by atoms with E-state index in [0.717, 1.165) is 25.0 Å². The molecular formula is C15H31N3. The molecule has 3 nitrogen and oxygen atoms in total. The summed E-state index contributed by atoms with van der Waals surface area (Å²) in [6.07, 6.45) is 8.91. The third kappa shape index (κ3) is 4.87. The summed E-state index contributed by atoms with van der Waals surface area (Å²) in [6, 6.07) is 0.481. The van der Waals surface area contributed by atoms with Crippen molar-refractivity contribution in [1.29, 1.82) is 0 Å². The van der Waals surface area contributed by atoms with Gasteiger partial charge in [-0.1, -0.05) is 46.0 Å². The molecule has 18 heavy (non-hydrogen) atoms. The maximum absolute atomic E-state index is 6.19. The summed E-state index contributed by atoms with van der Waals surface area (Å²) >= 11 is 0. The van der Waals surface area contributed by atoms with Crippen molar-refractivity contribution in [2.24, 2.45) is 16.6 Å². The molecule has 2 N–H and O–H groups in total. The molecule has 1 fully saturated rings. The Hall–Kier alpha value is -0.730. The van der Waals surface area contributed by atoms with Crippen LogP contribution in [-0.4, -0.2) is 30.0 Å². The molecule has 1 saturated carbocycles. The lowest BCUT2D eigenvalue weighted by Gasteiger charge is -2.28. The van der Waals surface area contributed by atoms with E-state index in [4.69, 9.17) is 10.7 Å². The first-order chi connectivity index (χ1) is 8.71. The predicted octanol–water partition coefficient (Wildman–Crippen LogP) is 3.39. The zero-order chi connectivity index (χ0) is 13.4. The molecular weight excluding hydrogens is 222 g/mol. The van der Waals surface area contributed by atoms with Gasteiger partial charge in [0.2, 0.25) is 0 Å². The molecule has 0 aliphatic heterocycles. The molecule has 1 aliphatic rings. The van der Waals surface area contributed by atoms with Crippen molar-refractivity contribution in [3.05, 3.63) is 0 Å². The van der Waals surface area contributed by atoms with E-state index in [1.165, 1.54) is 44.9 Å².